The van der Waals surface area contributed by atoms with E-state index in [2.05, 4.69) is 11.9 Å². The first-order valence-corrected chi connectivity index (χ1v) is 6.72. The number of nitrogens with zero attached hydrogens (tertiary/aromatic N) is 1. The molecule has 1 N–H and O–H groups in total. The summed E-state index contributed by atoms with van der Waals surface area (Å²) in [4.78, 5) is 4.55. The van der Waals surface area contributed by atoms with Crippen molar-refractivity contribution < 1.29 is 9.84 Å². The van der Waals surface area contributed by atoms with Crippen molar-refractivity contribution in [1.82, 2.24) is 4.98 Å². The fraction of sp³-hybridized carbons (Fsp3) is 0.667. The van der Waals surface area contributed by atoms with Gasteiger partial charge in [-0.25, -0.2) is 0 Å². The number of methoxy groups -OCH3 is 1. The maximum Gasteiger partial charge on any atom is 0.128 e. The Morgan fingerprint density at radius 2 is 2.00 bits per heavy atom. The molecule has 18 heavy (non-hydrogen) atoms. The molecule has 0 bridgehead atoms. The van der Waals surface area contributed by atoms with Crippen LogP contribution in [-0.4, -0.2) is 23.8 Å². The van der Waals surface area contributed by atoms with Gasteiger partial charge in [-0.2, -0.15) is 0 Å². The average molecular weight is 249 g/mol. The van der Waals surface area contributed by atoms with Crippen molar-refractivity contribution in [1.29, 1.82) is 0 Å². The van der Waals surface area contributed by atoms with E-state index in [0.29, 0.717) is 0 Å². The minimum Gasteiger partial charge on any atom is -0.496 e. The van der Waals surface area contributed by atoms with E-state index in [-0.39, 0.29) is 12.0 Å². The molecule has 0 aromatic carbocycles. The van der Waals surface area contributed by atoms with E-state index in [1.165, 1.54) is 12.8 Å². The lowest BCUT2D eigenvalue weighted by atomic mass is 9.81. The van der Waals surface area contributed by atoms with Crippen LogP contribution >= 0.6 is 0 Å². The SMILES string of the molecule is COc1c(C)cnc(CC2(CO)CCCC2)c1C. The van der Waals surface area contributed by atoms with Crippen LogP contribution in [0.2, 0.25) is 0 Å². The number of aliphatic hydroxyl groups excluding tert-OH is 1. The van der Waals surface area contributed by atoms with Crippen LogP contribution in [-0.2, 0) is 6.42 Å². The molecule has 3 heteroatoms. The zero-order chi connectivity index (χ0) is 13.2. The van der Waals surface area contributed by atoms with Crippen LogP contribution in [0, 0.1) is 19.3 Å². The van der Waals surface area contributed by atoms with Gasteiger partial charge in [0.2, 0.25) is 0 Å². The topological polar surface area (TPSA) is 42.4 Å². The van der Waals surface area contributed by atoms with E-state index >= 15 is 0 Å². The quantitative estimate of drug-likeness (QED) is 0.892. The second-order valence-electron chi connectivity index (χ2n) is 5.59. The Balaban J connectivity index is 2.29. The van der Waals surface area contributed by atoms with Crippen LogP contribution in [0.3, 0.4) is 0 Å². The number of ether oxygens (including phenoxy) is 1. The van der Waals surface area contributed by atoms with Gasteiger partial charge in [-0.3, -0.25) is 4.98 Å². The molecule has 1 heterocycles. The van der Waals surface area contributed by atoms with E-state index in [1.807, 2.05) is 13.1 Å². The Kier molecular flexibility index (Phi) is 3.91. The van der Waals surface area contributed by atoms with Gasteiger partial charge in [0.25, 0.3) is 0 Å². The van der Waals surface area contributed by atoms with Gasteiger partial charge in [-0.15, -0.1) is 0 Å². The molecule has 0 amide bonds. The van der Waals surface area contributed by atoms with Crippen molar-refractivity contribution >= 4 is 0 Å². The van der Waals surface area contributed by atoms with E-state index in [4.69, 9.17) is 4.74 Å². The lowest BCUT2D eigenvalue weighted by Gasteiger charge is -2.27. The third-order valence-corrected chi connectivity index (χ3v) is 4.29. The first-order valence-electron chi connectivity index (χ1n) is 6.72. The maximum absolute atomic E-state index is 9.69. The Hall–Kier alpha value is -1.09. The fourth-order valence-corrected chi connectivity index (χ4v) is 3.12. The predicted octanol–water partition coefficient (Wildman–Crippen LogP) is 2.80. The van der Waals surface area contributed by atoms with Gasteiger partial charge in [0.1, 0.15) is 5.75 Å². The van der Waals surface area contributed by atoms with Crippen molar-refractivity contribution in [2.75, 3.05) is 13.7 Å². The molecule has 0 aliphatic heterocycles. The lowest BCUT2D eigenvalue weighted by molar-refractivity contribution is 0.129. The van der Waals surface area contributed by atoms with E-state index in [1.54, 1.807) is 7.11 Å². The predicted molar refractivity (Wildman–Crippen MR) is 72.0 cm³/mol. The number of aromatic nitrogens is 1. The minimum absolute atomic E-state index is 0.0536. The van der Waals surface area contributed by atoms with Gasteiger partial charge >= 0.3 is 0 Å². The fourth-order valence-electron chi connectivity index (χ4n) is 3.12. The minimum atomic E-state index is 0.0536. The van der Waals surface area contributed by atoms with Gasteiger partial charge in [0, 0.05) is 29.6 Å². The van der Waals surface area contributed by atoms with Gasteiger partial charge in [-0.05, 0) is 38.5 Å². The highest BCUT2D eigenvalue weighted by molar-refractivity contribution is 5.41. The van der Waals surface area contributed by atoms with Gasteiger partial charge in [0.05, 0.1) is 7.11 Å². The van der Waals surface area contributed by atoms with Gasteiger partial charge in [-0.1, -0.05) is 12.8 Å². The van der Waals surface area contributed by atoms with Gasteiger partial charge in [0.15, 0.2) is 0 Å². The summed E-state index contributed by atoms with van der Waals surface area (Å²) >= 11 is 0. The summed E-state index contributed by atoms with van der Waals surface area (Å²) in [5, 5.41) is 9.69. The summed E-state index contributed by atoms with van der Waals surface area (Å²) in [5.41, 5.74) is 3.33. The molecule has 0 unspecified atom stereocenters. The summed E-state index contributed by atoms with van der Waals surface area (Å²) in [6.45, 7) is 4.35. The number of rotatable bonds is 4. The molecule has 0 atom stereocenters. The molecule has 0 radical (unpaired) electrons. The molecule has 1 aliphatic carbocycles. The third-order valence-electron chi connectivity index (χ3n) is 4.29. The second-order valence-corrected chi connectivity index (χ2v) is 5.59. The average Bonchev–Trinajstić information content (AvgIpc) is 2.83. The van der Waals surface area contributed by atoms with Crippen LogP contribution in [0.4, 0.5) is 0 Å². The number of aliphatic hydroxyl groups is 1. The van der Waals surface area contributed by atoms with Crippen LogP contribution in [0.15, 0.2) is 6.20 Å². The van der Waals surface area contributed by atoms with Crippen molar-refractivity contribution in [2.24, 2.45) is 5.41 Å². The number of pyridine rings is 1. The van der Waals surface area contributed by atoms with Crippen LogP contribution < -0.4 is 4.74 Å². The molecule has 1 saturated carbocycles. The summed E-state index contributed by atoms with van der Waals surface area (Å²) in [6, 6.07) is 0. The van der Waals surface area contributed by atoms with E-state index in [0.717, 1.165) is 41.8 Å². The van der Waals surface area contributed by atoms with Crippen LogP contribution in [0.1, 0.15) is 42.5 Å². The molecule has 1 aromatic heterocycles. The molecule has 0 saturated heterocycles. The molecule has 2 rings (SSSR count). The van der Waals surface area contributed by atoms with Crippen LogP contribution in [0.5, 0.6) is 5.75 Å². The summed E-state index contributed by atoms with van der Waals surface area (Å²) < 4.78 is 5.44. The molecule has 3 nitrogen and oxygen atoms in total. The van der Waals surface area contributed by atoms with Crippen molar-refractivity contribution in [3.63, 3.8) is 0 Å². The Morgan fingerprint density at radius 3 is 2.56 bits per heavy atom. The second kappa shape index (κ2) is 5.27. The number of aryl methyl sites for hydroxylation is 1. The molecule has 1 fully saturated rings. The molecule has 0 spiro atoms. The lowest BCUT2D eigenvalue weighted by Crippen LogP contribution is -2.25. The first kappa shape index (κ1) is 13.3. The molecule has 1 aliphatic rings. The van der Waals surface area contributed by atoms with E-state index < -0.39 is 0 Å². The normalized spacial score (nSPS) is 18.0. The van der Waals surface area contributed by atoms with Crippen molar-refractivity contribution in [3.05, 3.63) is 23.0 Å². The largest absolute Gasteiger partial charge is 0.496 e. The zero-order valence-electron chi connectivity index (χ0n) is 11.6. The summed E-state index contributed by atoms with van der Waals surface area (Å²) in [6.07, 6.45) is 7.42. The molecule has 100 valence electrons. The number of hydrogen-bond acceptors (Lipinski definition) is 3. The van der Waals surface area contributed by atoms with Crippen molar-refractivity contribution in [3.8, 4) is 5.75 Å². The highest BCUT2D eigenvalue weighted by atomic mass is 16.5. The molecular formula is C15H23NO2. The van der Waals surface area contributed by atoms with Crippen molar-refractivity contribution in [2.45, 2.75) is 46.0 Å². The van der Waals surface area contributed by atoms with Crippen LogP contribution in [0.25, 0.3) is 0 Å². The molecule has 1 aromatic rings. The monoisotopic (exact) mass is 249 g/mol. The highest BCUT2D eigenvalue weighted by Gasteiger charge is 2.34. The molecular weight excluding hydrogens is 226 g/mol. The smallest absolute Gasteiger partial charge is 0.128 e. The number of hydrogen-bond donors (Lipinski definition) is 1. The van der Waals surface area contributed by atoms with Gasteiger partial charge < -0.3 is 9.84 Å². The summed E-state index contributed by atoms with van der Waals surface area (Å²) in [7, 11) is 1.70. The Bertz CT molecular complexity index is 423. The third kappa shape index (κ3) is 2.37. The first-order chi connectivity index (χ1) is 8.62. The zero-order valence-corrected chi connectivity index (χ0v) is 11.6. The highest BCUT2D eigenvalue weighted by Crippen LogP contribution is 2.41. The standard InChI is InChI=1S/C15H23NO2/c1-11-9-16-13(12(2)14(11)18-3)8-15(10-17)6-4-5-7-15/h9,17H,4-8,10H2,1-3H3. The summed E-state index contributed by atoms with van der Waals surface area (Å²) in [5.74, 6) is 0.936. The van der Waals surface area contributed by atoms with E-state index in [9.17, 15) is 5.11 Å². The maximum atomic E-state index is 9.69. The Morgan fingerprint density at radius 1 is 1.33 bits per heavy atom. The Labute approximate surface area is 109 Å².